The average molecular weight is 211 g/mol. The number of hydrogen-bond donors (Lipinski definition) is 1. The number of ether oxygens (including phenoxy) is 1. The standard InChI is InChI=1S/C10H13NO2S/c1-2-13-9(12)10(11)5-8(10)7-3-4-14-6-7/h3-4,6,8H,2,5,11H2,1H3. The quantitative estimate of drug-likeness (QED) is 0.771. The molecule has 1 fully saturated rings. The Morgan fingerprint density at radius 1 is 1.86 bits per heavy atom. The lowest BCUT2D eigenvalue weighted by Gasteiger charge is -2.09. The molecule has 1 aromatic heterocycles. The SMILES string of the molecule is CCOC(=O)C1(N)CC1c1ccsc1. The number of carbonyl (C=O) groups excluding carboxylic acids is 1. The monoisotopic (exact) mass is 211 g/mol. The fourth-order valence-electron chi connectivity index (χ4n) is 1.66. The van der Waals surface area contributed by atoms with Crippen molar-refractivity contribution in [3.05, 3.63) is 22.4 Å². The first-order valence-corrected chi connectivity index (χ1v) is 5.61. The summed E-state index contributed by atoms with van der Waals surface area (Å²) in [4.78, 5) is 11.5. The predicted molar refractivity (Wildman–Crippen MR) is 55.2 cm³/mol. The molecule has 3 nitrogen and oxygen atoms in total. The molecular weight excluding hydrogens is 198 g/mol. The molecule has 76 valence electrons. The van der Waals surface area contributed by atoms with Crippen LogP contribution in [0.5, 0.6) is 0 Å². The van der Waals surface area contributed by atoms with Gasteiger partial charge in [0.1, 0.15) is 5.54 Å². The Balaban J connectivity index is 2.06. The molecule has 0 radical (unpaired) electrons. The summed E-state index contributed by atoms with van der Waals surface area (Å²) in [6.07, 6.45) is 0.711. The van der Waals surface area contributed by atoms with Crippen LogP contribution in [0.4, 0.5) is 0 Å². The maximum atomic E-state index is 11.5. The van der Waals surface area contributed by atoms with Gasteiger partial charge in [-0.2, -0.15) is 11.3 Å². The highest BCUT2D eigenvalue weighted by Gasteiger charge is 2.59. The van der Waals surface area contributed by atoms with E-state index in [1.165, 1.54) is 0 Å². The Hall–Kier alpha value is -0.870. The van der Waals surface area contributed by atoms with Crippen LogP contribution < -0.4 is 5.73 Å². The molecule has 0 aromatic carbocycles. The second-order valence-electron chi connectivity index (χ2n) is 3.57. The molecule has 1 heterocycles. The Bertz CT molecular complexity index is 336. The van der Waals surface area contributed by atoms with Crippen LogP contribution in [0, 0.1) is 0 Å². The van der Waals surface area contributed by atoms with Crippen molar-refractivity contribution in [3.8, 4) is 0 Å². The molecule has 0 bridgehead atoms. The van der Waals surface area contributed by atoms with Gasteiger partial charge in [-0.3, -0.25) is 4.79 Å². The third kappa shape index (κ3) is 1.44. The Labute approximate surface area is 86.9 Å². The number of carbonyl (C=O) groups is 1. The number of rotatable bonds is 3. The van der Waals surface area contributed by atoms with E-state index in [1.54, 1.807) is 18.3 Å². The summed E-state index contributed by atoms with van der Waals surface area (Å²) in [5.74, 6) is -0.107. The third-order valence-electron chi connectivity index (χ3n) is 2.60. The number of nitrogens with two attached hydrogens (primary N) is 1. The summed E-state index contributed by atoms with van der Waals surface area (Å²) in [6, 6.07) is 2.02. The van der Waals surface area contributed by atoms with E-state index < -0.39 is 5.54 Å². The van der Waals surface area contributed by atoms with Crippen LogP contribution in [0.25, 0.3) is 0 Å². The second kappa shape index (κ2) is 3.37. The molecule has 1 saturated carbocycles. The van der Waals surface area contributed by atoms with Crippen LogP contribution in [-0.4, -0.2) is 18.1 Å². The van der Waals surface area contributed by atoms with E-state index in [0.29, 0.717) is 13.0 Å². The molecule has 0 saturated heterocycles. The molecule has 0 aliphatic heterocycles. The van der Waals surface area contributed by atoms with Gasteiger partial charge in [0.25, 0.3) is 0 Å². The van der Waals surface area contributed by atoms with Crippen molar-refractivity contribution in [1.82, 2.24) is 0 Å². The Kier molecular flexibility index (Phi) is 2.33. The van der Waals surface area contributed by atoms with Crippen molar-refractivity contribution >= 4 is 17.3 Å². The zero-order valence-electron chi connectivity index (χ0n) is 8.03. The predicted octanol–water partition coefficient (Wildman–Crippen LogP) is 1.50. The second-order valence-corrected chi connectivity index (χ2v) is 4.35. The van der Waals surface area contributed by atoms with E-state index in [-0.39, 0.29) is 11.9 Å². The summed E-state index contributed by atoms with van der Waals surface area (Å²) >= 11 is 1.63. The molecule has 1 aliphatic carbocycles. The Morgan fingerprint density at radius 3 is 3.21 bits per heavy atom. The summed E-state index contributed by atoms with van der Waals surface area (Å²) < 4.78 is 4.94. The van der Waals surface area contributed by atoms with Crippen LogP contribution in [0.3, 0.4) is 0 Å². The summed E-state index contributed by atoms with van der Waals surface area (Å²) in [7, 11) is 0. The summed E-state index contributed by atoms with van der Waals surface area (Å²) in [5.41, 5.74) is 6.35. The van der Waals surface area contributed by atoms with Crippen LogP contribution in [0.2, 0.25) is 0 Å². The number of hydrogen-bond acceptors (Lipinski definition) is 4. The maximum Gasteiger partial charge on any atom is 0.326 e. The van der Waals surface area contributed by atoms with Crippen LogP contribution in [0.1, 0.15) is 24.8 Å². The maximum absolute atomic E-state index is 11.5. The van der Waals surface area contributed by atoms with Gasteiger partial charge >= 0.3 is 5.97 Å². The fraction of sp³-hybridized carbons (Fsp3) is 0.500. The van der Waals surface area contributed by atoms with E-state index in [0.717, 1.165) is 5.56 Å². The number of esters is 1. The van der Waals surface area contributed by atoms with Gasteiger partial charge in [-0.15, -0.1) is 0 Å². The summed E-state index contributed by atoms with van der Waals surface area (Å²) in [5, 5.41) is 4.04. The molecule has 1 aromatic rings. The molecular formula is C10H13NO2S. The van der Waals surface area contributed by atoms with E-state index >= 15 is 0 Å². The first-order valence-electron chi connectivity index (χ1n) is 4.66. The average Bonchev–Trinajstić information content (AvgIpc) is 2.66. The molecule has 2 rings (SSSR count). The van der Waals surface area contributed by atoms with Gasteiger partial charge in [0.05, 0.1) is 6.61 Å². The molecule has 2 atom stereocenters. The minimum atomic E-state index is -0.753. The number of thiophene rings is 1. The van der Waals surface area contributed by atoms with Gasteiger partial charge in [-0.25, -0.2) is 0 Å². The van der Waals surface area contributed by atoms with Gasteiger partial charge < -0.3 is 10.5 Å². The normalized spacial score (nSPS) is 30.0. The van der Waals surface area contributed by atoms with Crippen molar-refractivity contribution in [1.29, 1.82) is 0 Å². The third-order valence-corrected chi connectivity index (χ3v) is 3.31. The van der Waals surface area contributed by atoms with Crippen molar-refractivity contribution in [2.24, 2.45) is 5.73 Å². The van der Waals surface area contributed by atoms with E-state index in [1.807, 2.05) is 16.8 Å². The first-order chi connectivity index (χ1) is 6.68. The van der Waals surface area contributed by atoms with Gasteiger partial charge in [0, 0.05) is 5.92 Å². The largest absolute Gasteiger partial charge is 0.465 e. The van der Waals surface area contributed by atoms with Gasteiger partial charge in [0.2, 0.25) is 0 Å². The Morgan fingerprint density at radius 2 is 2.64 bits per heavy atom. The van der Waals surface area contributed by atoms with Crippen LogP contribution >= 0.6 is 11.3 Å². The fourth-order valence-corrected chi connectivity index (χ4v) is 2.37. The zero-order chi connectivity index (χ0) is 10.2. The van der Waals surface area contributed by atoms with Crippen molar-refractivity contribution < 1.29 is 9.53 Å². The lowest BCUT2D eigenvalue weighted by Crippen LogP contribution is -2.36. The van der Waals surface area contributed by atoms with Gasteiger partial charge in [-0.1, -0.05) is 0 Å². The summed E-state index contributed by atoms with van der Waals surface area (Å²) in [6.45, 7) is 2.19. The van der Waals surface area contributed by atoms with Gasteiger partial charge in [-0.05, 0) is 35.7 Å². The van der Waals surface area contributed by atoms with Crippen molar-refractivity contribution in [3.63, 3.8) is 0 Å². The molecule has 0 amide bonds. The van der Waals surface area contributed by atoms with E-state index in [9.17, 15) is 4.79 Å². The van der Waals surface area contributed by atoms with Crippen molar-refractivity contribution in [2.75, 3.05) is 6.61 Å². The van der Waals surface area contributed by atoms with Gasteiger partial charge in [0.15, 0.2) is 0 Å². The zero-order valence-corrected chi connectivity index (χ0v) is 8.84. The first kappa shape index (κ1) is 9.68. The lowest BCUT2D eigenvalue weighted by atomic mass is 10.1. The highest BCUT2D eigenvalue weighted by molar-refractivity contribution is 7.08. The van der Waals surface area contributed by atoms with Crippen molar-refractivity contribution in [2.45, 2.75) is 24.8 Å². The molecule has 2 N–H and O–H groups in total. The van der Waals surface area contributed by atoms with E-state index in [4.69, 9.17) is 10.5 Å². The highest BCUT2D eigenvalue weighted by Crippen LogP contribution is 2.50. The van der Waals surface area contributed by atoms with Crippen LogP contribution in [-0.2, 0) is 9.53 Å². The highest BCUT2D eigenvalue weighted by atomic mass is 32.1. The minimum Gasteiger partial charge on any atom is -0.465 e. The molecule has 2 unspecified atom stereocenters. The van der Waals surface area contributed by atoms with E-state index in [2.05, 4.69) is 0 Å². The molecule has 0 spiro atoms. The minimum absolute atomic E-state index is 0.160. The molecule has 14 heavy (non-hydrogen) atoms. The lowest BCUT2D eigenvalue weighted by molar-refractivity contribution is -0.145. The topological polar surface area (TPSA) is 52.3 Å². The molecule has 1 aliphatic rings. The van der Waals surface area contributed by atoms with Crippen LogP contribution in [0.15, 0.2) is 16.8 Å². The molecule has 4 heteroatoms. The smallest absolute Gasteiger partial charge is 0.326 e.